The van der Waals surface area contributed by atoms with Crippen LogP contribution in [0.1, 0.15) is 12.8 Å². The summed E-state index contributed by atoms with van der Waals surface area (Å²) in [6.07, 6.45) is 2.01. The van der Waals surface area contributed by atoms with Crippen LogP contribution in [0.4, 0.5) is 0 Å². The second-order valence-corrected chi connectivity index (χ2v) is 3.23. The van der Waals surface area contributed by atoms with Crippen LogP contribution in [0.5, 0.6) is 5.75 Å². The van der Waals surface area contributed by atoms with Crippen LogP contribution in [0, 0.1) is 0 Å². The van der Waals surface area contributed by atoms with Crippen LogP contribution in [0.25, 0.3) is 0 Å². The number of nitrogens with two attached hydrogens (primary N) is 1. The number of unbranched alkanes of at least 4 members (excludes halogenated alkanes) is 1. The van der Waals surface area contributed by atoms with Crippen molar-refractivity contribution in [3.63, 3.8) is 0 Å². The maximum absolute atomic E-state index is 5.72. The van der Waals surface area contributed by atoms with E-state index in [0.29, 0.717) is 0 Å². The van der Waals surface area contributed by atoms with E-state index in [4.69, 9.17) is 22.1 Å². The molecule has 0 aromatic heterocycles. The number of hydrogen-bond donors (Lipinski definition) is 1. The Morgan fingerprint density at radius 1 is 1.14 bits per heavy atom. The summed E-state index contributed by atoms with van der Waals surface area (Å²) in [5.41, 5.74) is 5.35. The molecule has 2 N–H and O–H groups in total. The number of hydrogen-bond acceptors (Lipinski definition) is 2. The zero-order valence-corrected chi connectivity index (χ0v) is 9.39. The van der Waals surface area contributed by atoms with Gasteiger partial charge in [0.05, 0.1) is 6.61 Å². The second-order valence-electron chi connectivity index (χ2n) is 2.80. The zero-order chi connectivity index (χ0) is 9.52. The first kappa shape index (κ1) is 13.6. The fourth-order valence-corrected chi connectivity index (χ4v) is 1.09. The predicted octanol–water partition coefficient (Wildman–Crippen LogP) is -0.538. The van der Waals surface area contributed by atoms with Crippen molar-refractivity contribution < 1.29 is 17.1 Å². The number of ether oxygens (including phenoxy) is 1. The predicted molar refractivity (Wildman–Crippen MR) is 55.2 cm³/mol. The van der Waals surface area contributed by atoms with E-state index in [1.807, 2.05) is 24.3 Å². The Labute approximate surface area is 95.8 Å². The van der Waals surface area contributed by atoms with E-state index in [-0.39, 0.29) is 12.4 Å². The Hall–Kier alpha value is -0.440. The van der Waals surface area contributed by atoms with Gasteiger partial charge in [-0.15, -0.1) is 0 Å². The van der Waals surface area contributed by atoms with Crippen LogP contribution in [-0.2, 0) is 0 Å². The van der Waals surface area contributed by atoms with Crippen LogP contribution >= 0.6 is 11.6 Å². The third kappa shape index (κ3) is 5.32. The highest BCUT2D eigenvalue weighted by Gasteiger charge is 1.92. The summed E-state index contributed by atoms with van der Waals surface area (Å²) in [7, 11) is 0. The Morgan fingerprint density at radius 3 is 2.36 bits per heavy atom. The van der Waals surface area contributed by atoms with E-state index in [1.165, 1.54) is 0 Å². The van der Waals surface area contributed by atoms with Gasteiger partial charge in [-0.2, -0.15) is 0 Å². The summed E-state index contributed by atoms with van der Waals surface area (Å²) in [6, 6.07) is 7.37. The van der Waals surface area contributed by atoms with Crippen LogP contribution in [-0.4, -0.2) is 13.2 Å². The smallest absolute Gasteiger partial charge is 0.119 e. The lowest BCUT2D eigenvalue weighted by molar-refractivity contribution is -0.00000316. The average molecular weight is 235 g/mol. The minimum atomic E-state index is 0. The van der Waals surface area contributed by atoms with Gasteiger partial charge < -0.3 is 22.9 Å². The van der Waals surface area contributed by atoms with Crippen LogP contribution in [0.15, 0.2) is 24.3 Å². The second kappa shape index (κ2) is 7.92. The van der Waals surface area contributed by atoms with E-state index in [9.17, 15) is 0 Å². The third-order valence-electron chi connectivity index (χ3n) is 1.68. The molecule has 0 spiro atoms. The number of halogens is 2. The molecule has 0 atom stereocenters. The van der Waals surface area contributed by atoms with Crippen molar-refractivity contribution in [2.75, 3.05) is 13.2 Å². The van der Waals surface area contributed by atoms with Gasteiger partial charge in [-0.1, -0.05) is 11.6 Å². The molecule has 1 aromatic carbocycles. The van der Waals surface area contributed by atoms with E-state index in [0.717, 1.165) is 36.8 Å². The van der Waals surface area contributed by atoms with Gasteiger partial charge in [0.25, 0.3) is 0 Å². The monoisotopic (exact) mass is 234 g/mol. The molecule has 1 rings (SSSR count). The van der Waals surface area contributed by atoms with Gasteiger partial charge in [-0.05, 0) is 43.7 Å². The molecule has 4 heteroatoms. The van der Waals surface area contributed by atoms with Gasteiger partial charge in [-0.3, -0.25) is 0 Å². The van der Waals surface area contributed by atoms with Crippen molar-refractivity contribution in [2.24, 2.45) is 5.73 Å². The first-order valence-electron chi connectivity index (χ1n) is 4.41. The lowest BCUT2D eigenvalue weighted by Gasteiger charge is -2.04. The Kier molecular flexibility index (Phi) is 7.67. The van der Waals surface area contributed by atoms with Crippen molar-refractivity contribution in [1.82, 2.24) is 0 Å². The molecule has 0 heterocycles. The maximum Gasteiger partial charge on any atom is 0.119 e. The van der Waals surface area contributed by atoms with Crippen LogP contribution in [0.3, 0.4) is 0 Å². The topological polar surface area (TPSA) is 35.2 Å². The molecule has 0 amide bonds. The molecule has 14 heavy (non-hydrogen) atoms. The van der Waals surface area contributed by atoms with E-state index >= 15 is 0 Å². The summed E-state index contributed by atoms with van der Waals surface area (Å²) < 4.78 is 5.45. The summed E-state index contributed by atoms with van der Waals surface area (Å²) in [5, 5.41) is 0.731. The summed E-state index contributed by atoms with van der Waals surface area (Å²) >= 11 is 5.72. The minimum Gasteiger partial charge on any atom is -1.00 e. The van der Waals surface area contributed by atoms with Crippen molar-refractivity contribution in [2.45, 2.75) is 12.8 Å². The molecule has 2 nitrogen and oxygen atoms in total. The van der Waals surface area contributed by atoms with E-state index in [1.54, 1.807) is 0 Å². The fourth-order valence-electron chi connectivity index (χ4n) is 0.967. The van der Waals surface area contributed by atoms with Crippen molar-refractivity contribution in [3.05, 3.63) is 29.3 Å². The first-order chi connectivity index (χ1) is 6.33. The molecule has 0 bridgehead atoms. The molecule has 80 valence electrons. The SMILES string of the molecule is NCCCCOc1ccc(Cl)cc1.[Cl-]. The Balaban J connectivity index is 0.00000169. The highest BCUT2D eigenvalue weighted by atomic mass is 35.5. The van der Waals surface area contributed by atoms with E-state index < -0.39 is 0 Å². The van der Waals surface area contributed by atoms with Crippen molar-refractivity contribution >= 4 is 11.6 Å². The quantitative estimate of drug-likeness (QED) is 0.696. The molecule has 0 fully saturated rings. The summed E-state index contributed by atoms with van der Waals surface area (Å²) in [5.74, 6) is 0.862. The van der Waals surface area contributed by atoms with Crippen LogP contribution in [0.2, 0.25) is 5.02 Å². The molecule has 0 unspecified atom stereocenters. The van der Waals surface area contributed by atoms with Crippen molar-refractivity contribution in [3.8, 4) is 5.75 Å². The first-order valence-corrected chi connectivity index (χ1v) is 4.79. The maximum atomic E-state index is 5.72. The molecular formula is C10H14Cl2NO-. The molecule has 1 aromatic rings. The van der Waals surface area contributed by atoms with Gasteiger partial charge in [0.2, 0.25) is 0 Å². The standard InChI is InChI=1S/C10H14ClNO.ClH/c11-9-3-5-10(6-4-9)13-8-2-1-7-12;/h3-6H,1-2,7-8,12H2;1H/p-1. The molecule has 0 saturated carbocycles. The lowest BCUT2D eigenvalue weighted by atomic mass is 10.3. The largest absolute Gasteiger partial charge is 1.00 e. The van der Waals surface area contributed by atoms with Gasteiger partial charge in [-0.25, -0.2) is 0 Å². The molecule has 0 aliphatic rings. The van der Waals surface area contributed by atoms with Gasteiger partial charge >= 0.3 is 0 Å². The third-order valence-corrected chi connectivity index (χ3v) is 1.93. The summed E-state index contributed by atoms with van der Waals surface area (Å²) in [4.78, 5) is 0. The average Bonchev–Trinajstić information content (AvgIpc) is 2.15. The number of rotatable bonds is 5. The molecule has 0 saturated heterocycles. The number of benzene rings is 1. The highest BCUT2D eigenvalue weighted by Crippen LogP contribution is 2.15. The fraction of sp³-hybridized carbons (Fsp3) is 0.400. The van der Waals surface area contributed by atoms with E-state index in [2.05, 4.69) is 0 Å². The van der Waals surface area contributed by atoms with Crippen LogP contribution < -0.4 is 22.9 Å². The van der Waals surface area contributed by atoms with Gasteiger partial charge in [0, 0.05) is 5.02 Å². The van der Waals surface area contributed by atoms with Gasteiger partial charge in [0.15, 0.2) is 0 Å². The van der Waals surface area contributed by atoms with Gasteiger partial charge in [0.1, 0.15) is 5.75 Å². The molecule has 0 radical (unpaired) electrons. The molecule has 0 aliphatic carbocycles. The van der Waals surface area contributed by atoms with Crippen molar-refractivity contribution in [1.29, 1.82) is 0 Å². The molecule has 0 aliphatic heterocycles. The molecular weight excluding hydrogens is 221 g/mol. The lowest BCUT2D eigenvalue weighted by Crippen LogP contribution is -3.00. The Bertz CT molecular complexity index is 238. The summed E-state index contributed by atoms with van der Waals surface area (Å²) in [6.45, 7) is 1.45. The zero-order valence-electron chi connectivity index (χ0n) is 7.88. The highest BCUT2D eigenvalue weighted by molar-refractivity contribution is 6.30. The minimum absolute atomic E-state index is 0. The normalized spacial score (nSPS) is 9.29. The Morgan fingerprint density at radius 2 is 1.79 bits per heavy atom.